The fourth-order valence-corrected chi connectivity index (χ4v) is 3.14. The standard InChI is InChI=1S/C20H14BrN5O3/c21-14-7-8-15(17-13(14)2-1-9-23-17)29-19-16(22)18(24-10-25-19)26-12-5-3-11(4-6-12)20(27)28/h1-10H,22H2,(H,27,28)(H,24,25,26). The number of halogens is 1. The van der Waals surface area contributed by atoms with E-state index < -0.39 is 5.97 Å². The largest absolute Gasteiger partial charge is 0.478 e. The molecule has 29 heavy (non-hydrogen) atoms. The van der Waals surface area contributed by atoms with Crippen molar-refractivity contribution >= 4 is 50.0 Å². The van der Waals surface area contributed by atoms with Crippen LogP contribution in [0.15, 0.2) is 65.5 Å². The molecule has 0 fully saturated rings. The highest BCUT2D eigenvalue weighted by Gasteiger charge is 2.14. The summed E-state index contributed by atoms with van der Waals surface area (Å²) in [4.78, 5) is 23.6. The number of fused-ring (bicyclic) bond motifs is 1. The zero-order valence-electron chi connectivity index (χ0n) is 14.8. The first-order valence-corrected chi connectivity index (χ1v) is 9.24. The molecule has 0 unspecified atom stereocenters. The van der Waals surface area contributed by atoms with Gasteiger partial charge in [0.25, 0.3) is 0 Å². The highest BCUT2D eigenvalue weighted by atomic mass is 79.9. The van der Waals surface area contributed by atoms with Gasteiger partial charge in [0.05, 0.1) is 5.56 Å². The summed E-state index contributed by atoms with van der Waals surface area (Å²) in [5.74, 6) is 0.0291. The predicted molar refractivity (Wildman–Crippen MR) is 113 cm³/mol. The van der Waals surface area contributed by atoms with Gasteiger partial charge in [0.1, 0.15) is 17.5 Å². The minimum absolute atomic E-state index is 0.180. The van der Waals surface area contributed by atoms with Crippen LogP contribution in [-0.2, 0) is 0 Å². The smallest absolute Gasteiger partial charge is 0.335 e. The molecule has 9 heteroatoms. The van der Waals surface area contributed by atoms with Gasteiger partial charge in [-0.25, -0.2) is 9.78 Å². The van der Waals surface area contributed by atoms with E-state index in [1.54, 1.807) is 24.4 Å². The summed E-state index contributed by atoms with van der Waals surface area (Å²) in [5, 5.41) is 12.9. The topological polar surface area (TPSA) is 123 Å². The number of pyridine rings is 1. The van der Waals surface area contributed by atoms with Gasteiger partial charge in [0.15, 0.2) is 11.6 Å². The average Bonchev–Trinajstić information content (AvgIpc) is 2.73. The fraction of sp³-hybridized carbons (Fsp3) is 0. The molecule has 4 rings (SSSR count). The van der Waals surface area contributed by atoms with Crippen LogP contribution in [0.5, 0.6) is 11.6 Å². The maximum atomic E-state index is 11.0. The van der Waals surface area contributed by atoms with Crippen molar-refractivity contribution in [2.75, 3.05) is 11.1 Å². The van der Waals surface area contributed by atoms with Crippen molar-refractivity contribution in [1.29, 1.82) is 0 Å². The van der Waals surface area contributed by atoms with E-state index in [0.29, 0.717) is 22.8 Å². The number of carboxylic acids is 1. The second kappa shape index (κ2) is 7.72. The van der Waals surface area contributed by atoms with E-state index in [-0.39, 0.29) is 17.1 Å². The van der Waals surface area contributed by atoms with E-state index in [2.05, 4.69) is 36.2 Å². The Morgan fingerprint density at radius 1 is 1.07 bits per heavy atom. The number of anilines is 3. The van der Waals surface area contributed by atoms with Gasteiger partial charge in [0, 0.05) is 21.7 Å². The Morgan fingerprint density at radius 2 is 1.86 bits per heavy atom. The zero-order chi connectivity index (χ0) is 20.4. The summed E-state index contributed by atoms with van der Waals surface area (Å²) in [6.07, 6.45) is 3.01. The third-order valence-corrected chi connectivity index (χ3v) is 4.82. The van der Waals surface area contributed by atoms with Crippen molar-refractivity contribution in [3.8, 4) is 11.6 Å². The van der Waals surface area contributed by atoms with Crippen LogP contribution in [0.3, 0.4) is 0 Å². The summed E-state index contributed by atoms with van der Waals surface area (Å²) in [6, 6.07) is 13.6. The number of benzene rings is 2. The van der Waals surface area contributed by atoms with Gasteiger partial charge >= 0.3 is 5.97 Å². The number of hydrogen-bond acceptors (Lipinski definition) is 7. The molecule has 0 atom stereocenters. The molecule has 2 aromatic heterocycles. The molecule has 0 saturated carbocycles. The number of aromatic carboxylic acids is 1. The Labute approximate surface area is 173 Å². The molecule has 0 spiro atoms. The second-order valence-corrected chi connectivity index (χ2v) is 6.85. The number of carbonyl (C=O) groups is 1. The number of nitrogens with zero attached hydrogens (tertiary/aromatic N) is 3. The summed E-state index contributed by atoms with van der Waals surface area (Å²) in [7, 11) is 0. The van der Waals surface area contributed by atoms with Crippen LogP contribution in [-0.4, -0.2) is 26.0 Å². The molecule has 0 aliphatic heterocycles. The number of carboxylic acid groups (broad SMARTS) is 1. The number of ether oxygens (including phenoxy) is 1. The van der Waals surface area contributed by atoms with Gasteiger partial charge in [-0.1, -0.05) is 22.0 Å². The lowest BCUT2D eigenvalue weighted by atomic mass is 10.2. The third kappa shape index (κ3) is 3.81. The van der Waals surface area contributed by atoms with Crippen molar-refractivity contribution < 1.29 is 14.6 Å². The Morgan fingerprint density at radius 3 is 2.62 bits per heavy atom. The second-order valence-electron chi connectivity index (χ2n) is 6.00. The molecule has 0 amide bonds. The SMILES string of the molecule is Nc1c(Nc2ccc(C(=O)O)cc2)ncnc1Oc1ccc(Br)c2cccnc12. The third-order valence-electron chi connectivity index (χ3n) is 4.13. The van der Waals surface area contributed by atoms with Crippen molar-refractivity contribution in [2.45, 2.75) is 0 Å². The number of aromatic nitrogens is 3. The first-order valence-electron chi connectivity index (χ1n) is 8.45. The van der Waals surface area contributed by atoms with Crippen molar-refractivity contribution in [3.63, 3.8) is 0 Å². The summed E-state index contributed by atoms with van der Waals surface area (Å²) < 4.78 is 6.83. The molecule has 2 heterocycles. The minimum atomic E-state index is -0.996. The number of hydrogen-bond donors (Lipinski definition) is 3. The number of nitrogen functional groups attached to an aromatic ring is 1. The van der Waals surface area contributed by atoms with Gasteiger partial charge in [0.2, 0.25) is 5.88 Å². The number of rotatable bonds is 5. The number of nitrogens with one attached hydrogen (secondary N) is 1. The van der Waals surface area contributed by atoms with E-state index in [1.807, 2.05) is 18.2 Å². The van der Waals surface area contributed by atoms with Crippen LogP contribution in [0.25, 0.3) is 10.9 Å². The molecule has 0 saturated heterocycles. The van der Waals surface area contributed by atoms with Crippen molar-refractivity contribution in [1.82, 2.24) is 15.0 Å². The predicted octanol–water partition coefficient (Wildman–Crippen LogP) is 4.60. The lowest BCUT2D eigenvalue weighted by Gasteiger charge is -2.13. The van der Waals surface area contributed by atoms with Crippen LogP contribution < -0.4 is 15.8 Å². The number of nitrogens with two attached hydrogens (primary N) is 1. The highest BCUT2D eigenvalue weighted by Crippen LogP contribution is 2.35. The molecular formula is C20H14BrN5O3. The molecule has 2 aromatic carbocycles. The lowest BCUT2D eigenvalue weighted by molar-refractivity contribution is 0.0697. The van der Waals surface area contributed by atoms with E-state index in [1.165, 1.54) is 18.5 Å². The molecule has 4 N–H and O–H groups in total. The van der Waals surface area contributed by atoms with Gasteiger partial charge in [-0.3, -0.25) is 4.98 Å². The normalized spacial score (nSPS) is 10.7. The van der Waals surface area contributed by atoms with Crippen LogP contribution in [0.1, 0.15) is 10.4 Å². The Bertz CT molecular complexity index is 1210. The zero-order valence-corrected chi connectivity index (χ0v) is 16.4. The Balaban J connectivity index is 1.64. The monoisotopic (exact) mass is 451 g/mol. The molecule has 0 aliphatic carbocycles. The molecule has 8 nitrogen and oxygen atoms in total. The van der Waals surface area contributed by atoms with Crippen LogP contribution in [0.2, 0.25) is 0 Å². The average molecular weight is 452 g/mol. The van der Waals surface area contributed by atoms with E-state index in [9.17, 15) is 4.79 Å². The summed E-state index contributed by atoms with van der Waals surface area (Å²) in [5.41, 5.74) is 7.88. The summed E-state index contributed by atoms with van der Waals surface area (Å²) >= 11 is 3.50. The van der Waals surface area contributed by atoms with Crippen LogP contribution >= 0.6 is 15.9 Å². The fourth-order valence-electron chi connectivity index (χ4n) is 2.69. The minimum Gasteiger partial charge on any atom is -0.478 e. The van der Waals surface area contributed by atoms with Gasteiger partial charge in [-0.2, -0.15) is 4.98 Å². The van der Waals surface area contributed by atoms with E-state index >= 15 is 0 Å². The van der Waals surface area contributed by atoms with E-state index in [0.717, 1.165) is 9.86 Å². The lowest BCUT2D eigenvalue weighted by Crippen LogP contribution is -2.04. The molecule has 0 aliphatic rings. The van der Waals surface area contributed by atoms with Gasteiger partial charge in [-0.15, -0.1) is 0 Å². The summed E-state index contributed by atoms with van der Waals surface area (Å²) in [6.45, 7) is 0. The molecule has 4 aromatic rings. The Hall–Kier alpha value is -3.72. The first-order chi connectivity index (χ1) is 14.0. The first kappa shape index (κ1) is 18.6. The van der Waals surface area contributed by atoms with Crippen molar-refractivity contribution in [2.24, 2.45) is 0 Å². The van der Waals surface area contributed by atoms with Gasteiger partial charge < -0.3 is 20.9 Å². The maximum absolute atomic E-state index is 11.0. The molecule has 0 radical (unpaired) electrons. The maximum Gasteiger partial charge on any atom is 0.335 e. The quantitative estimate of drug-likeness (QED) is 0.401. The highest BCUT2D eigenvalue weighted by molar-refractivity contribution is 9.10. The Kier molecular flexibility index (Phi) is 4.96. The molecule has 144 valence electrons. The molecular weight excluding hydrogens is 438 g/mol. The van der Waals surface area contributed by atoms with Crippen LogP contribution in [0.4, 0.5) is 17.2 Å². The van der Waals surface area contributed by atoms with Crippen molar-refractivity contribution in [3.05, 3.63) is 71.1 Å². The van der Waals surface area contributed by atoms with E-state index in [4.69, 9.17) is 15.6 Å². The molecule has 0 bridgehead atoms. The van der Waals surface area contributed by atoms with Crippen LogP contribution in [0, 0.1) is 0 Å². The van der Waals surface area contributed by atoms with Gasteiger partial charge in [-0.05, 0) is 42.5 Å².